The summed E-state index contributed by atoms with van der Waals surface area (Å²) in [5.74, 6) is -1.54. The van der Waals surface area contributed by atoms with Crippen molar-refractivity contribution in [3.05, 3.63) is 23.3 Å². The highest BCUT2D eigenvalue weighted by Gasteiger charge is 2.21. The Hall–Kier alpha value is -1.84. The number of phenolic OH excluding ortho intramolecular Hbond substituents is 2. The molecule has 0 atom stereocenters. The number of unbranched alkanes of at least 4 members (excludes halogenated alkanes) is 8. The van der Waals surface area contributed by atoms with Gasteiger partial charge >= 0.3 is 0 Å². The van der Waals surface area contributed by atoms with Crippen molar-refractivity contribution in [2.75, 3.05) is 0 Å². The standard InChI is InChI=1S/C20H30O4/c1-3-4-5-6-7-8-9-10-11-12-18(22)20(24)16-13-14-17(21)15(2)19(16)23/h13-14,21,23H,3-12H2,1-2H3. The second-order valence-electron chi connectivity index (χ2n) is 6.44. The van der Waals surface area contributed by atoms with Crippen molar-refractivity contribution in [3.63, 3.8) is 0 Å². The van der Waals surface area contributed by atoms with E-state index in [0.29, 0.717) is 6.42 Å². The lowest BCUT2D eigenvalue weighted by molar-refractivity contribution is -0.115. The van der Waals surface area contributed by atoms with E-state index in [1.165, 1.54) is 57.6 Å². The summed E-state index contributed by atoms with van der Waals surface area (Å²) < 4.78 is 0. The first-order valence-corrected chi connectivity index (χ1v) is 9.08. The van der Waals surface area contributed by atoms with Gasteiger partial charge in [0.2, 0.25) is 11.6 Å². The van der Waals surface area contributed by atoms with Crippen LogP contribution >= 0.6 is 0 Å². The zero-order chi connectivity index (χ0) is 17.9. The topological polar surface area (TPSA) is 74.6 Å². The van der Waals surface area contributed by atoms with Crippen molar-refractivity contribution in [2.24, 2.45) is 0 Å². The van der Waals surface area contributed by atoms with Gasteiger partial charge in [-0.1, -0.05) is 58.3 Å². The smallest absolute Gasteiger partial charge is 0.232 e. The predicted octanol–water partition coefficient (Wildman–Crippen LogP) is 5.08. The normalized spacial score (nSPS) is 10.8. The molecule has 1 aromatic rings. The molecule has 0 amide bonds. The third-order valence-corrected chi connectivity index (χ3v) is 4.41. The van der Waals surface area contributed by atoms with Crippen molar-refractivity contribution in [1.29, 1.82) is 0 Å². The quantitative estimate of drug-likeness (QED) is 0.317. The molecule has 1 rings (SSSR count). The zero-order valence-electron chi connectivity index (χ0n) is 14.9. The third kappa shape index (κ3) is 6.34. The number of carbonyl (C=O) groups excluding carboxylic acids is 2. The molecule has 0 bridgehead atoms. The average Bonchev–Trinajstić information content (AvgIpc) is 2.57. The monoisotopic (exact) mass is 334 g/mol. The molecule has 0 aliphatic rings. The van der Waals surface area contributed by atoms with Crippen molar-refractivity contribution in [3.8, 4) is 11.5 Å². The third-order valence-electron chi connectivity index (χ3n) is 4.41. The molecule has 134 valence electrons. The SMILES string of the molecule is CCCCCCCCCCCC(=O)C(=O)c1ccc(O)c(C)c1O. The number of rotatable bonds is 12. The number of Topliss-reactive ketones (excluding diaryl/α,β-unsaturated/α-hetero) is 2. The van der Waals surface area contributed by atoms with E-state index in [4.69, 9.17) is 0 Å². The molecule has 0 aliphatic carbocycles. The summed E-state index contributed by atoms with van der Waals surface area (Å²) in [6.45, 7) is 3.71. The van der Waals surface area contributed by atoms with E-state index in [2.05, 4.69) is 6.92 Å². The molecule has 0 spiro atoms. The minimum absolute atomic E-state index is 0.0220. The molecule has 0 heterocycles. The van der Waals surface area contributed by atoms with E-state index < -0.39 is 11.6 Å². The van der Waals surface area contributed by atoms with Gasteiger partial charge in [0.1, 0.15) is 11.5 Å². The summed E-state index contributed by atoms with van der Waals surface area (Å²) in [5, 5.41) is 19.4. The summed E-state index contributed by atoms with van der Waals surface area (Å²) in [5.41, 5.74) is 0.197. The number of ketones is 2. The molecule has 0 saturated heterocycles. The minimum atomic E-state index is -0.671. The highest BCUT2D eigenvalue weighted by Crippen LogP contribution is 2.30. The Morgan fingerprint density at radius 2 is 1.42 bits per heavy atom. The number of benzene rings is 1. The maximum atomic E-state index is 12.1. The molecular formula is C20H30O4. The first-order valence-electron chi connectivity index (χ1n) is 9.08. The van der Waals surface area contributed by atoms with Gasteiger partial charge in [0.05, 0.1) is 5.56 Å². The Bertz CT molecular complexity index is 549. The van der Waals surface area contributed by atoms with Crippen LogP contribution in [0.1, 0.15) is 87.1 Å². The van der Waals surface area contributed by atoms with Gasteiger partial charge in [0, 0.05) is 12.0 Å². The maximum Gasteiger partial charge on any atom is 0.232 e. The lowest BCUT2D eigenvalue weighted by atomic mass is 9.99. The lowest BCUT2D eigenvalue weighted by Gasteiger charge is -2.07. The summed E-state index contributed by atoms with van der Waals surface area (Å²) in [7, 11) is 0. The number of hydrogen-bond donors (Lipinski definition) is 2. The van der Waals surface area contributed by atoms with E-state index in [1.54, 1.807) is 0 Å². The highest BCUT2D eigenvalue weighted by atomic mass is 16.3. The largest absolute Gasteiger partial charge is 0.508 e. The molecule has 0 unspecified atom stereocenters. The van der Waals surface area contributed by atoms with Gasteiger partial charge in [0.25, 0.3) is 0 Å². The zero-order valence-corrected chi connectivity index (χ0v) is 14.9. The predicted molar refractivity (Wildman–Crippen MR) is 95.7 cm³/mol. The number of carbonyl (C=O) groups is 2. The molecule has 4 heteroatoms. The fraction of sp³-hybridized carbons (Fsp3) is 0.600. The van der Waals surface area contributed by atoms with Gasteiger partial charge in [0.15, 0.2) is 0 Å². The summed E-state index contributed by atoms with van der Waals surface area (Å²) in [6, 6.07) is 2.63. The molecule has 24 heavy (non-hydrogen) atoms. The molecule has 0 fully saturated rings. The van der Waals surface area contributed by atoms with Crippen LogP contribution in [0.15, 0.2) is 12.1 Å². The number of phenols is 2. The van der Waals surface area contributed by atoms with Gasteiger partial charge in [-0.15, -0.1) is 0 Å². The van der Waals surface area contributed by atoms with E-state index in [1.807, 2.05) is 0 Å². The Balaban J connectivity index is 2.28. The molecule has 0 aromatic heterocycles. The molecule has 1 aromatic carbocycles. The van der Waals surface area contributed by atoms with Crippen LogP contribution < -0.4 is 0 Å². The first kappa shape index (κ1) is 20.2. The maximum absolute atomic E-state index is 12.1. The molecule has 0 saturated carbocycles. The lowest BCUT2D eigenvalue weighted by Crippen LogP contribution is -2.14. The van der Waals surface area contributed by atoms with Crippen LogP contribution in [0.3, 0.4) is 0 Å². The summed E-state index contributed by atoms with van der Waals surface area (Å²) in [6.07, 6.45) is 10.5. The molecule has 0 radical (unpaired) electrons. The Morgan fingerprint density at radius 1 is 0.875 bits per heavy atom. The Labute approximate surface area is 144 Å². The van der Waals surface area contributed by atoms with Crippen molar-refractivity contribution in [1.82, 2.24) is 0 Å². The van der Waals surface area contributed by atoms with Crippen molar-refractivity contribution < 1.29 is 19.8 Å². The number of hydrogen-bond acceptors (Lipinski definition) is 4. The van der Waals surface area contributed by atoms with Crippen molar-refractivity contribution in [2.45, 2.75) is 78.1 Å². The fourth-order valence-corrected chi connectivity index (χ4v) is 2.73. The van der Waals surface area contributed by atoms with Crippen LogP contribution in [-0.2, 0) is 4.79 Å². The Kier molecular flexibility index (Phi) is 9.13. The van der Waals surface area contributed by atoms with Crippen molar-refractivity contribution >= 4 is 11.6 Å². The average molecular weight is 334 g/mol. The van der Waals surface area contributed by atoms with Crippen LogP contribution in [0, 0.1) is 6.92 Å². The van der Waals surface area contributed by atoms with Gasteiger partial charge in [-0.3, -0.25) is 9.59 Å². The van der Waals surface area contributed by atoms with Gasteiger partial charge in [-0.25, -0.2) is 0 Å². The highest BCUT2D eigenvalue weighted by molar-refractivity contribution is 6.44. The van der Waals surface area contributed by atoms with Crippen LogP contribution in [0.4, 0.5) is 0 Å². The van der Waals surface area contributed by atoms with E-state index in [-0.39, 0.29) is 29.0 Å². The summed E-state index contributed by atoms with van der Waals surface area (Å²) >= 11 is 0. The fourth-order valence-electron chi connectivity index (χ4n) is 2.73. The van der Waals surface area contributed by atoms with Gasteiger partial charge < -0.3 is 10.2 Å². The molecule has 0 aliphatic heterocycles. The number of aromatic hydroxyl groups is 2. The summed E-state index contributed by atoms with van der Waals surface area (Å²) in [4.78, 5) is 24.1. The van der Waals surface area contributed by atoms with E-state index in [0.717, 1.165) is 12.8 Å². The molecular weight excluding hydrogens is 304 g/mol. The van der Waals surface area contributed by atoms with Crippen LogP contribution in [0.25, 0.3) is 0 Å². The molecule has 4 nitrogen and oxygen atoms in total. The second kappa shape index (κ2) is 10.8. The van der Waals surface area contributed by atoms with Gasteiger partial charge in [-0.05, 0) is 25.5 Å². The minimum Gasteiger partial charge on any atom is -0.508 e. The van der Waals surface area contributed by atoms with Gasteiger partial charge in [-0.2, -0.15) is 0 Å². The van der Waals surface area contributed by atoms with Crippen LogP contribution in [0.5, 0.6) is 11.5 Å². The van der Waals surface area contributed by atoms with E-state index in [9.17, 15) is 19.8 Å². The second-order valence-corrected chi connectivity index (χ2v) is 6.44. The van der Waals surface area contributed by atoms with Crippen LogP contribution in [0.2, 0.25) is 0 Å². The van der Waals surface area contributed by atoms with E-state index >= 15 is 0 Å². The van der Waals surface area contributed by atoms with Crippen LogP contribution in [-0.4, -0.2) is 21.8 Å². The first-order chi connectivity index (χ1) is 11.5. The molecule has 2 N–H and O–H groups in total. The Morgan fingerprint density at radius 3 is 2.00 bits per heavy atom.